The topological polar surface area (TPSA) is 0 Å². The van der Waals surface area contributed by atoms with Crippen molar-refractivity contribution in [3.63, 3.8) is 0 Å². The molecule has 12 heavy (non-hydrogen) atoms. The summed E-state index contributed by atoms with van der Waals surface area (Å²) in [6.07, 6.45) is 4.30. The lowest BCUT2D eigenvalue weighted by atomic mass is 10.1. The highest BCUT2D eigenvalue weighted by Crippen LogP contribution is 2.14. The van der Waals surface area contributed by atoms with Crippen molar-refractivity contribution in [3.05, 3.63) is 47.8 Å². The fraction of sp³-hybridized carbons (Fsp3) is 0.273. The Bertz CT molecular complexity index is 276. The van der Waals surface area contributed by atoms with Gasteiger partial charge in [-0.05, 0) is 18.1 Å². The first-order chi connectivity index (χ1) is 5.79. The van der Waals surface area contributed by atoms with Crippen molar-refractivity contribution in [2.75, 3.05) is 0 Å². The fourth-order valence-corrected chi connectivity index (χ4v) is 1.18. The summed E-state index contributed by atoms with van der Waals surface area (Å²) in [6, 6.07) is 5.32. The number of benzene rings is 1. The third-order valence-corrected chi connectivity index (χ3v) is 1.79. The number of aryl methyl sites for hydroxylation is 1. The van der Waals surface area contributed by atoms with Crippen LogP contribution < -0.4 is 0 Å². The lowest BCUT2D eigenvalue weighted by Gasteiger charge is -2.02. The largest absolute Gasteiger partial charge is 0.206 e. The van der Waals surface area contributed by atoms with Crippen LogP contribution in [0.2, 0.25) is 0 Å². The van der Waals surface area contributed by atoms with Crippen molar-refractivity contribution in [2.45, 2.75) is 19.8 Å². The van der Waals surface area contributed by atoms with Gasteiger partial charge in [-0.15, -0.1) is 0 Å². The molecule has 0 aliphatic rings. The smallest absolute Gasteiger partial charge is 0.134 e. The molecule has 0 nitrogen and oxygen atoms in total. The van der Waals surface area contributed by atoms with Crippen LogP contribution in [0.5, 0.6) is 0 Å². The molecular weight excluding hydrogens is 151 g/mol. The first kappa shape index (κ1) is 8.98. The molecule has 63 valence electrons. The van der Waals surface area contributed by atoms with Gasteiger partial charge >= 0.3 is 0 Å². The van der Waals surface area contributed by atoms with E-state index in [2.05, 4.69) is 12.7 Å². The summed E-state index contributed by atoms with van der Waals surface area (Å²) in [4.78, 5) is 0. The summed E-state index contributed by atoms with van der Waals surface area (Å²) >= 11 is 0. The van der Waals surface area contributed by atoms with E-state index in [1.54, 1.807) is 12.1 Å². The highest BCUT2D eigenvalue weighted by molar-refractivity contribution is 5.29. The van der Waals surface area contributed by atoms with Crippen LogP contribution in [0.15, 0.2) is 24.8 Å². The molecule has 0 saturated carbocycles. The second kappa shape index (κ2) is 4.05. The van der Waals surface area contributed by atoms with Crippen LogP contribution in [0.3, 0.4) is 0 Å². The molecule has 1 rings (SSSR count). The molecule has 0 aliphatic heterocycles. The predicted octanol–water partition coefficient (Wildman–Crippen LogP) is 3.12. The second-order valence-electron chi connectivity index (χ2n) is 2.71. The molecule has 0 unspecified atom stereocenters. The molecule has 0 bridgehead atoms. The van der Waals surface area contributed by atoms with Gasteiger partial charge in [0, 0.05) is 5.56 Å². The number of hydrogen-bond donors (Lipinski definition) is 0. The summed E-state index contributed by atoms with van der Waals surface area (Å²) in [6.45, 7) is 5.46. The van der Waals surface area contributed by atoms with E-state index in [0.29, 0.717) is 5.56 Å². The number of rotatable bonds is 3. The van der Waals surface area contributed by atoms with E-state index in [9.17, 15) is 4.39 Å². The third kappa shape index (κ3) is 1.73. The lowest BCUT2D eigenvalue weighted by molar-refractivity contribution is 0.602. The van der Waals surface area contributed by atoms with Gasteiger partial charge in [0.05, 0.1) is 0 Å². The Balaban J connectivity index is 3.04. The van der Waals surface area contributed by atoms with E-state index >= 15 is 0 Å². The van der Waals surface area contributed by atoms with Gasteiger partial charge in [0.25, 0.3) is 0 Å². The number of halogens is 1. The molecule has 1 aromatic rings. The molecule has 0 atom stereocenters. The van der Waals surface area contributed by atoms with E-state index in [1.807, 2.05) is 13.0 Å². The molecule has 0 amide bonds. The Labute approximate surface area is 72.7 Å². The van der Waals surface area contributed by atoms with Crippen LogP contribution in [0.4, 0.5) is 4.39 Å². The number of hydrogen-bond acceptors (Lipinski definition) is 0. The quantitative estimate of drug-likeness (QED) is 0.642. The Hall–Kier alpha value is -1.11. The van der Waals surface area contributed by atoms with Crippen LogP contribution in [0.25, 0.3) is 0 Å². The zero-order valence-corrected chi connectivity index (χ0v) is 7.23. The zero-order valence-electron chi connectivity index (χ0n) is 7.23. The van der Waals surface area contributed by atoms with Crippen LogP contribution in [-0.4, -0.2) is 0 Å². The minimum Gasteiger partial charge on any atom is -0.206 e. The van der Waals surface area contributed by atoms with Gasteiger partial charge in [-0.1, -0.05) is 38.1 Å². The molecule has 0 saturated heterocycles. The molecular formula is C11H12F. The minimum absolute atomic E-state index is 0.172. The molecule has 0 aliphatic carbocycles. The van der Waals surface area contributed by atoms with Crippen LogP contribution >= 0.6 is 0 Å². The van der Waals surface area contributed by atoms with Crippen LogP contribution in [0.1, 0.15) is 24.5 Å². The van der Waals surface area contributed by atoms with E-state index in [1.165, 1.54) is 0 Å². The van der Waals surface area contributed by atoms with Gasteiger partial charge in [0.1, 0.15) is 5.82 Å². The van der Waals surface area contributed by atoms with Gasteiger partial charge in [0.15, 0.2) is 0 Å². The molecule has 0 N–H and O–H groups in total. The Morgan fingerprint density at radius 3 is 2.83 bits per heavy atom. The van der Waals surface area contributed by atoms with E-state index in [4.69, 9.17) is 0 Å². The van der Waals surface area contributed by atoms with Crippen LogP contribution in [0, 0.1) is 11.9 Å². The maximum absolute atomic E-state index is 13.4. The first-order valence-corrected chi connectivity index (χ1v) is 4.10. The van der Waals surface area contributed by atoms with Gasteiger partial charge < -0.3 is 0 Å². The highest BCUT2D eigenvalue weighted by Gasteiger charge is 2.03. The fourth-order valence-electron chi connectivity index (χ4n) is 1.18. The summed E-state index contributed by atoms with van der Waals surface area (Å²) in [7, 11) is 0. The molecule has 0 heterocycles. The van der Waals surface area contributed by atoms with Gasteiger partial charge in [-0.2, -0.15) is 0 Å². The van der Waals surface area contributed by atoms with Gasteiger partial charge in [0.2, 0.25) is 0 Å². The van der Waals surface area contributed by atoms with Gasteiger partial charge in [-0.3, -0.25) is 0 Å². The molecule has 1 radical (unpaired) electrons. The van der Waals surface area contributed by atoms with Gasteiger partial charge in [-0.25, -0.2) is 4.39 Å². The van der Waals surface area contributed by atoms with E-state index in [0.717, 1.165) is 18.4 Å². The molecule has 1 heteroatoms. The monoisotopic (exact) mass is 163 g/mol. The molecule has 0 fully saturated rings. The third-order valence-electron chi connectivity index (χ3n) is 1.79. The van der Waals surface area contributed by atoms with Crippen molar-refractivity contribution >= 4 is 0 Å². The maximum Gasteiger partial charge on any atom is 0.134 e. The summed E-state index contributed by atoms with van der Waals surface area (Å²) in [5, 5.41) is 0. The lowest BCUT2D eigenvalue weighted by Crippen LogP contribution is -1.92. The highest BCUT2D eigenvalue weighted by atomic mass is 19.1. The first-order valence-electron chi connectivity index (χ1n) is 4.10. The summed E-state index contributed by atoms with van der Waals surface area (Å²) in [5.74, 6) is -0.172. The standard InChI is InChI=1S/C11H12F/c1-3-6-10-8-5-7-9(4-2)11(10)12/h5,7-8H,2-3,6H2,1H3. The predicted molar refractivity (Wildman–Crippen MR) is 48.4 cm³/mol. The maximum atomic E-state index is 13.4. The molecule has 1 aromatic carbocycles. The minimum atomic E-state index is -0.172. The van der Waals surface area contributed by atoms with E-state index in [-0.39, 0.29) is 5.82 Å². The Morgan fingerprint density at radius 1 is 1.50 bits per heavy atom. The summed E-state index contributed by atoms with van der Waals surface area (Å²) < 4.78 is 13.4. The average molecular weight is 163 g/mol. The Kier molecular flexibility index (Phi) is 3.03. The van der Waals surface area contributed by atoms with Crippen molar-refractivity contribution in [3.8, 4) is 0 Å². The van der Waals surface area contributed by atoms with Crippen molar-refractivity contribution in [1.82, 2.24) is 0 Å². The summed E-state index contributed by atoms with van der Waals surface area (Å²) in [5.41, 5.74) is 1.23. The van der Waals surface area contributed by atoms with Crippen LogP contribution in [-0.2, 0) is 6.42 Å². The van der Waals surface area contributed by atoms with Crippen molar-refractivity contribution in [1.29, 1.82) is 0 Å². The normalized spacial score (nSPS) is 9.83. The molecule has 0 aromatic heterocycles. The average Bonchev–Trinajstić information content (AvgIpc) is 2.09. The SMILES string of the molecule is C=[C]c1cccc(CCC)c1F. The molecule has 0 spiro atoms. The van der Waals surface area contributed by atoms with E-state index < -0.39 is 0 Å². The van der Waals surface area contributed by atoms with Crippen molar-refractivity contribution < 1.29 is 4.39 Å². The Morgan fingerprint density at radius 2 is 2.25 bits per heavy atom. The van der Waals surface area contributed by atoms with Crippen molar-refractivity contribution in [2.24, 2.45) is 0 Å². The second-order valence-corrected chi connectivity index (χ2v) is 2.71. The zero-order chi connectivity index (χ0) is 8.97.